The summed E-state index contributed by atoms with van der Waals surface area (Å²) in [5, 5.41) is 0. The van der Waals surface area contributed by atoms with Gasteiger partial charge in [0.2, 0.25) is 5.91 Å². The molecule has 0 aromatic rings. The van der Waals surface area contributed by atoms with E-state index in [1.807, 2.05) is 11.8 Å². The van der Waals surface area contributed by atoms with Crippen molar-refractivity contribution in [1.82, 2.24) is 4.90 Å². The van der Waals surface area contributed by atoms with Gasteiger partial charge in [0.05, 0.1) is 0 Å². The number of amides is 1. The molecule has 0 aromatic carbocycles. The van der Waals surface area contributed by atoms with E-state index in [9.17, 15) is 4.79 Å². The molecule has 2 heteroatoms. The van der Waals surface area contributed by atoms with E-state index in [1.165, 1.54) is 6.42 Å². The zero-order valence-corrected chi connectivity index (χ0v) is 11.5. The molecule has 2 nitrogen and oxygen atoms in total. The predicted octanol–water partition coefficient (Wildman–Crippen LogP) is 3.07. The van der Waals surface area contributed by atoms with Crippen molar-refractivity contribution in [1.29, 1.82) is 0 Å². The average molecular weight is 235 g/mol. The molecule has 0 bridgehead atoms. The maximum Gasteiger partial charge on any atom is 0.222 e. The molecular weight excluding hydrogens is 210 g/mol. The van der Waals surface area contributed by atoms with E-state index in [0.717, 1.165) is 38.3 Å². The van der Waals surface area contributed by atoms with Crippen LogP contribution in [0.25, 0.3) is 0 Å². The van der Waals surface area contributed by atoms with Gasteiger partial charge in [-0.3, -0.25) is 4.79 Å². The Morgan fingerprint density at radius 3 is 2.53 bits per heavy atom. The Morgan fingerprint density at radius 2 is 2.00 bits per heavy atom. The van der Waals surface area contributed by atoms with Crippen molar-refractivity contribution in [3.63, 3.8) is 0 Å². The zero-order valence-electron chi connectivity index (χ0n) is 11.5. The van der Waals surface area contributed by atoms with Gasteiger partial charge in [-0.25, -0.2) is 0 Å². The Balaban J connectivity index is 2.20. The third-order valence-corrected chi connectivity index (χ3v) is 3.34. The van der Waals surface area contributed by atoms with E-state index < -0.39 is 0 Å². The van der Waals surface area contributed by atoms with E-state index >= 15 is 0 Å². The van der Waals surface area contributed by atoms with Gasteiger partial charge in [0, 0.05) is 31.8 Å². The SMILES string of the molecule is CCC(=O)N1CCC(CCC#CC(C)C)CC1. The van der Waals surface area contributed by atoms with Crippen molar-refractivity contribution in [3.05, 3.63) is 0 Å². The number of nitrogens with zero attached hydrogens (tertiary/aromatic N) is 1. The van der Waals surface area contributed by atoms with Crippen LogP contribution in [0.3, 0.4) is 0 Å². The topological polar surface area (TPSA) is 20.3 Å². The first-order valence-electron chi connectivity index (χ1n) is 6.89. The molecule has 1 heterocycles. The highest BCUT2D eigenvalue weighted by Crippen LogP contribution is 2.21. The number of carbonyl (C=O) groups excluding carboxylic acids is 1. The summed E-state index contributed by atoms with van der Waals surface area (Å²) in [5.74, 6) is 8.02. The highest BCUT2D eigenvalue weighted by Gasteiger charge is 2.20. The molecule has 1 aliphatic heterocycles. The molecule has 0 aliphatic carbocycles. The number of hydrogen-bond acceptors (Lipinski definition) is 1. The number of hydrogen-bond donors (Lipinski definition) is 0. The lowest BCUT2D eigenvalue weighted by atomic mass is 9.92. The first-order valence-corrected chi connectivity index (χ1v) is 6.89. The maximum atomic E-state index is 11.5. The summed E-state index contributed by atoms with van der Waals surface area (Å²) in [5.41, 5.74) is 0. The molecule has 0 saturated carbocycles. The molecule has 0 unspecified atom stereocenters. The van der Waals surface area contributed by atoms with Crippen LogP contribution in [0, 0.1) is 23.7 Å². The average Bonchev–Trinajstić information content (AvgIpc) is 2.34. The Morgan fingerprint density at radius 1 is 1.35 bits per heavy atom. The van der Waals surface area contributed by atoms with Crippen LogP contribution in [-0.2, 0) is 4.79 Å². The number of piperidine rings is 1. The van der Waals surface area contributed by atoms with Gasteiger partial charge >= 0.3 is 0 Å². The van der Waals surface area contributed by atoms with Crippen molar-refractivity contribution >= 4 is 5.91 Å². The minimum atomic E-state index is 0.308. The third-order valence-electron chi connectivity index (χ3n) is 3.34. The lowest BCUT2D eigenvalue weighted by Crippen LogP contribution is -2.38. The molecule has 1 rings (SSSR count). The van der Waals surface area contributed by atoms with Gasteiger partial charge in [0.15, 0.2) is 0 Å². The van der Waals surface area contributed by atoms with E-state index in [4.69, 9.17) is 0 Å². The third kappa shape index (κ3) is 5.26. The summed E-state index contributed by atoms with van der Waals surface area (Å²) < 4.78 is 0. The van der Waals surface area contributed by atoms with E-state index in [1.54, 1.807) is 0 Å². The van der Waals surface area contributed by atoms with Crippen LogP contribution in [0.4, 0.5) is 0 Å². The lowest BCUT2D eigenvalue weighted by molar-refractivity contribution is -0.132. The standard InChI is InChI=1S/C15H25NO/c1-4-15(17)16-11-9-14(10-12-16)8-6-5-7-13(2)3/h13-14H,4,6,8-12H2,1-3H3. The second-order valence-corrected chi connectivity index (χ2v) is 5.19. The van der Waals surface area contributed by atoms with E-state index in [0.29, 0.717) is 18.2 Å². The number of carbonyl (C=O) groups is 1. The second-order valence-electron chi connectivity index (χ2n) is 5.19. The van der Waals surface area contributed by atoms with Crippen molar-refractivity contribution in [2.45, 2.75) is 52.9 Å². The molecule has 1 saturated heterocycles. The minimum absolute atomic E-state index is 0.308. The second kappa shape index (κ2) is 7.37. The largest absolute Gasteiger partial charge is 0.343 e. The van der Waals surface area contributed by atoms with Crippen LogP contribution >= 0.6 is 0 Å². The van der Waals surface area contributed by atoms with E-state index in [-0.39, 0.29) is 0 Å². The fourth-order valence-corrected chi connectivity index (χ4v) is 2.25. The maximum absolute atomic E-state index is 11.5. The molecule has 1 amide bonds. The van der Waals surface area contributed by atoms with Crippen LogP contribution in [0.5, 0.6) is 0 Å². The summed E-state index contributed by atoms with van der Waals surface area (Å²) in [6.07, 6.45) is 5.19. The molecular formula is C15H25NO. The van der Waals surface area contributed by atoms with Gasteiger partial charge in [-0.2, -0.15) is 0 Å². The number of rotatable bonds is 3. The van der Waals surface area contributed by atoms with E-state index in [2.05, 4.69) is 25.7 Å². The molecule has 0 aromatic heterocycles. The van der Waals surface area contributed by atoms with Crippen LogP contribution in [0.15, 0.2) is 0 Å². The van der Waals surface area contributed by atoms with Crippen LogP contribution < -0.4 is 0 Å². The van der Waals surface area contributed by atoms with Gasteiger partial charge in [0.1, 0.15) is 0 Å². The lowest BCUT2D eigenvalue weighted by Gasteiger charge is -2.31. The van der Waals surface area contributed by atoms with Crippen molar-refractivity contribution in [2.75, 3.05) is 13.1 Å². The monoisotopic (exact) mass is 235 g/mol. The fraction of sp³-hybridized carbons (Fsp3) is 0.800. The summed E-state index contributed by atoms with van der Waals surface area (Å²) in [4.78, 5) is 13.5. The smallest absolute Gasteiger partial charge is 0.222 e. The number of likely N-dealkylation sites (tertiary alicyclic amines) is 1. The van der Waals surface area contributed by atoms with Crippen LogP contribution in [0.1, 0.15) is 52.9 Å². The first-order chi connectivity index (χ1) is 8.13. The molecule has 96 valence electrons. The Kier molecular flexibility index (Phi) is 6.11. The molecule has 17 heavy (non-hydrogen) atoms. The van der Waals surface area contributed by atoms with Crippen molar-refractivity contribution < 1.29 is 4.79 Å². The summed E-state index contributed by atoms with van der Waals surface area (Å²) in [6.45, 7) is 8.10. The molecule has 0 N–H and O–H groups in total. The Hall–Kier alpha value is -0.970. The Bertz CT molecular complexity index is 290. The Labute approximate surface area is 106 Å². The van der Waals surface area contributed by atoms with Gasteiger partial charge in [0.25, 0.3) is 0 Å². The van der Waals surface area contributed by atoms with Gasteiger partial charge in [-0.1, -0.05) is 20.8 Å². The highest BCUT2D eigenvalue weighted by molar-refractivity contribution is 5.75. The van der Waals surface area contributed by atoms with Crippen LogP contribution in [0.2, 0.25) is 0 Å². The molecule has 1 fully saturated rings. The fourth-order valence-electron chi connectivity index (χ4n) is 2.25. The summed E-state index contributed by atoms with van der Waals surface area (Å²) >= 11 is 0. The van der Waals surface area contributed by atoms with Crippen molar-refractivity contribution in [3.8, 4) is 11.8 Å². The quantitative estimate of drug-likeness (QED) is 0.688. The van der Waals surface area contributed by atoms with Gasteiger partial charge in [-0.05, 0) is 25.2 Å². The van der Waals surface area contributed by atoms with Gasteiger partial charge < -0.3 is 4.90 Å². The van der Waals surface area contributed by atoms with Crippen molar-refractivity contribution in [2.24, 2.45) is 11.8 Å². The highest BCUT2D eigenvalue weighted by atomic mass is 16.2. The predicted molar refractivity (Wildman–Crippen MR) is 71.4 cm³/mol. The zero-order chi connectivity index (χ0) is 12.7. The molecule has 1 aliphatic rings. The minimum Gasteiger partial charge on any atom is -0.343 e. The van der Waals surface area contributed by atoms with Gasteiger partial charge in [-0.15, -0.1) is 11.8 Å². The molecule has 0 spiro atoms. The first kappa shape index (κ1) is 14.1. The summed E-state index contributed by atoms with van der Waals surface area (Å²) in [7, 11) is 0. The molecule has 0 radical (unpaired) electrons. The van der Waals surface area contributed by atoms with Crippen LogP contribution in [-0.4, -0.2) is 23.9 Å². The summed E-state index contributed by atoms with van der Waals surface area (Å²) in [6, 6.07) is 0. The normalized spacial score (nSPS) is 16.8. The molecule has 0 atom stereocenters.